The third-order valence-electron chi connectivity index (χ3n) is 5.14. The fourth-order valence-corrected chi connectivity index (χ4v) is 4.37. The van der Waals surface area contributed by atoms with Crippen molar-refractivity contribution in [2.45, 2.75) is 32.4 Å². The van der Waals surface area contributed by atoms with Crippen LogP contribution in [0.15, 0.2) is 29.6 Å². The van der Waals surface area contributed by atoms with Crippen LogP contribution in [0.5, 0.6) is 0 Å². The summed E-state index contributed by atoms with van der Waals surface area (Å²) in [6.45, 7) is 6.30. The van der Waals surface area contributed by atoms with Gasteiger partial charge in [0.2, 0.25) is 0 Å². The summed E-state index contributed by atoms with van der Waals surface area (Å²) in [6.07, 6.45) is 2.07. The molecule has 1 unspecified atom stereocenters. The van der Waals surface area contributed by atoms with E-state index in [-0.39, 0.29) is 12.1 Å². The van der Waals surface area contributed by atoms with Gasteiger partial charge < -0.3 is 10.2 Å². The highest BCUT2D eigenvalue weighted by Crippen LogP contribution is 2.30. The van der Waals surface area contributed by atoms with E-state index in [9.17, 15) is 4.79 Å². The lowest BCUT2D eigenvalue weighted by Crippen LogP contribution is -2.51. The molecule has 132 valence electrons. The zero-order valence-electron chi connectivity index (χ0n) is 14.6. The molecule has 0 radical (unpaired) electrons. The Morgan fingerprint density at radius 2 is 2.08 bits per heavy atom. The first kappa shape index (κ1) is 16.5. The molecule has 5 nitrogen and oxygen atoms in total. The second kappa shape index (κ2) is 7.14. The second-order valence-corrected chi connectivity index (χ2v) is 7.92. The molecular formula is C19H24N4OS. The SMILES string of the molecule is Cc1nc(CN2CCN(C(=O)NC3CCc4ccccc43)CC2)cs1. The highest BCUT2D eigenvalue weighted by atomic mass is 32.1. The zero-order valence-corrected chi connectivity index (χ0v) is 15.4. The summed E-state index contributed by atoms with van der Waals surface area (Å²) in [7, 11) is 0. The molecule has 1 saturated heterocycles. The number of aryl methyl sites for hydroxylation is 2. The van der Waals surface area contributed by atoms with Crippen molar-refractivity contribution in [2.75, 3.05) is 26.2 Å². The number of benzene rings is 1. The van der Waals surface area contributed by atoms with E-state index in [4.69, 9.17) is 0 Å². The summed E-state index contributed by atoms with van der Waals surface area (Å²) < 4.78 is 0. The van der Waals surface area contributed by atoms with Gasteiger partial charge in [-0.25, -0.2) is 9.78 Å². The molecule has 0 spiro atoms. The molecule has 1 N–H and O–H groups in total. The lowest BCUT2D eigenvalue weighted by molar-refractivity contribution is 0.132. The van der Waals surface area contributed by atoms with Crippen molar-refractivity contribution in [3.05, 3.63) is 51.5 Å². The summed E-state index contributed by atoms with van der Waals surface area (Å²) in [6, 6.07) is 8.68. The monoisotopic (exact) mass is 356 g/mol. The van der Waals surface area contributed by atoms with E-state index in [0.717, 1.165) is 56.3 Å². The quantitative estimate of drug-likeness (QED) is 0.920. The fraction of sp³-hybridized carbons (Fsp3) is 0.474. The van der Waals surface area contributed by atoms with Crippen LogP contribution in [0, 0.1) is 6.92 Å². The van der Waals surface area contributed by atoms with Crippen molar-refractivity contribution < 1.29 is 4.79 Å². The molecule has 25 heavy (non-hydrogen) atoms. The van der Waals surface area contributed by atoms with Crippen LogP contribution in [0.2, 0.25) is 0 Å². The van der Waals surface area contributed by atoms with Crippen molar-refractivity contribution in [2.24, 2.45) is 0 Å². The van der Waals surface area contributed by atoms with Gasteiger partial charge in [-0.05, 0) is 30.9 Å². The summed E-state index contributed by atoms with van der Waals surface area (Å²) in [5, 5.41) is 6.48. The van der Waals surface area contributed by atoms with Gasteiger partial charge in [-0.3, -0.25) is 4.90 Å². The Morgan fingerprint density at radius 3 is 2.84 bits per heavy atom. The molecule has 2 aliphatic rings. The summed E-state index contributed by atoms with van der Waals surface area (Å²) in [5.41, 5.74) is 3.80. The Kier molecular flexibility index (Phi) is 4.72. The molecule has 4 rings (SSSR count). The zero-order chi connectivity index (χ0) is 17.2. The van der Waals surface area contributed by atoms with Crippen LogP contribution < -0.4 is 5.32 Å². The number of urea groups is 1. The minimum Gasteiger partial charge on any atom is -0.331 e. The smallest absolute Gasteiger partial charge is 0.317 e. The van der Waals surface area contributed by atoms with Crippen molar-refractivity contribution in [3.8, 4) is 0 Å². The molecule has 1 aromatic heterocycles. The average Bonchev–Trinajstić information content (AvgIpc) is 3.22. The highest BCUT2D eigenvalue weighted by molar-refractivity contribution is 7.09. The Labute approximate surface area is 152 Å². The van der Waals surface area contributed by atoms with Gasteiger partial charge in [-0.15, -0.1) is 11.3 Å². The van der Waals surface area contributed by atoms with Gasteiger partial charge in [0.15, 0.2) is 0 Å². The van der Waals surface area contributed by atoms with Crippen molar-refractivity contribution >= 4 is 17.4 Å². The van der Waals surface area contributed by atoms with E-state index < -0.39 is 0 Å². The van der Waals surface area contributed by atoms with Gasteiger partial charge in [0.05, 0.1) is 16.7 Å². The third kappa shape index (κ3) is 3.70. The minimum absolute atomic E-state index is 0.0749. The molecular weight excluding hydrogens is 332 g/mol. The summed E-state index contributed by atoms with van der Waals surface area (Å²) >= 11 is 1.70. The molecule has 1 atom stereocenters. The van der Waals surface area contributed by atoms with Crippen LogP contribution in [0.1, 0.15) is 34.3 Å². The molecule has 0 saturated carbocycles. The second-order valence-electron chi connectivity index (χ2n) is 6.86. The maximum absolute atomic E-state index is 12.6. The number of rotatable bonds is 3. The van der Waals surface area contributed by atoms with Crippen molar-refractivity contribution in [3.63, 3.8) is 0 Å². The summed E-state index contributed by atoms with van der Waals surface area (Å²) in [5.74, 6) is 0. The largest absolute Gasteiger partial charge is 0.331 e. The lowest BCUT2D eigenvalue weighted by Gasteiger charge is -2.35. The maximum atomic E-state index is 12.6. The Bertz CT molecular complexity index is 751. The number of carbonyl (C=O) groups excluding carboxylic acids is 1. The van der Waals surface area contributed by atoms with E-state index in [0.29, 0.717) is 0 Å². The molecule has 2 heterocycles. The van der Waals surface area contributed by atoms with Crippen molar-refractivity contribution in [1.29, 1.82) is 0 Å². The third-order valence-corrected chi connectivity index (χ3v) is 5.96. The van der Waals surface area contributed by atoms with Gasteiger partial charge in [-0.1, -0.05) is 24.3 Å². The number of nitrogens with zero attached hydrogens (tertiary/aromatic N) is 3. The number of carbonyl (C=O) groups is 1. The van der Waals surface area contributed by atoms with Gasteiger partial charge >= 0.3 is 6.03 Å². The van der Waals surface area contributed by atoms with E-state index in [1.807, 2.05) is 11.8 Å². The van der Waals surface area contributed by atoms with E-state index in [1.54, 1.807) is 11.3 Å². The van der Waals surface area contributed by atoms with Crippen LogP contribution in [0.3, 0.4) is 0 Å². The maximum Gasteiger partial charge on any atom is 0.317 e. The topological polar surface area (TPSA) is 48.5 Å². The standard InChI is InChI=1S/C19H24N4OS/c1-14-20-16(13-25-14)12-22-8-10-23(11-9-22)19(24)21-18-7-6-15-4-2-3-5-17(15)18/h2-5,13,18H,6-12H2,1H3,(H,21,24). The number of thiazole rings is 1. The van der Waals surface area contributed by atoms with Gasteiger partial charge in [0.1, 0.15) is 0 Å². The van der Waals surface area contributed by atoms with Gasteiger partial charge in [-0.2, -0.15) is 0 Å². The highest BCUT2D eigenvalue weighted by Gasteiger charge is 2.27. The normalized spacial score (nSPS) is 20.5. The first-order valence-corrected chi connectivity index (χ1v) is 9.83. The number of aromatic nitrogens is 1. The molecule has 1 aromatic carbocycles. The van der Waals surface area contributed by atoms with Crippen LogP contribution in [-0.4, -0.2) is 47.0 Å². The first-order chi connectivity index (χ1) is 12.2. The fourth-order valence-electron chi connectivity index (χ4n) is 3.77. The molecule has 2 amide bonds. The molecule has 6 heteroatoms. The summed E-state index contributed by atoms with van der Waals surface area (Å²) in [4.78, 5) is 21.5. The Morgan fingerprint density at radius 1 is 1.28 bits per heavy atom. The Hall–Kier alpha value is -1.92. The van der Waals surface area contributed by atoms with Crippen LogP contribution in [0.25, 0.3) is 0 Å². The van der Waals surface area contributed by atoms with E-state index in [1.165, 1.54) is 11.1 Å². The van der Waals surface area contributed by atoms with Gasteiger partial charge in [0, 0.05) is 38.1 Å². The average molecular weight is 356 g/mol. The van der Waals surface area contributed by atoms with Crippen LogP contribution in [-0.2, 0) is 13.0 Å². The molecule has 1 aliphatic heterocycles. The number of fused-ring (bicyclic) bond motifs is 1. The number of nitrogens with one attached hydrogen (secondary N) is 1. The minimum atomic E-state index is 0.0749. The van der Waals surface area contributed by atoms with E-state index >= 15 is 0 Å². The number of hydrogen-bond acceptors (Lipinski definition) is 4. The molecule has 1 aliphatic carbocycles. The predicted molar refractivity (Wildman–Crippen MR) is 99.7 cm³/mol. The molecule has 1 fully saturated rings. The Balaban J connectivity index is 1.28. The van der Waals surface area contributed by atoms with Crippen LogP contribution in [0.4, 0.5) is 4.79 Å². The van der Waals surface area contributed by atoms with Crippen molar-refractivity contribution in [1.82, 2.24) is 20.1 Å². The number of piperazine rings is 1. The molecule has 2 aromatic rings. The first-order valence-electron chi connectivity index (χ1n) is 8.95. The molecule has 0 bridgehead atoms. The van der Waals surface area contributed by atoms with Crippen LogP contribution >= 0.6 is 11.3 Å². The number of amides is 2. The lowest BCUT2D eigenvalue weighted by atomic mass is 10.1. The number of hydrogen-bond donors (Lipinski definition) is 1. The van der Waals surface area contributed by atoms with E-state index in [2.05, 4.69) is 44.8 Å². The van der Waals surface area contributed by atoms with Gasteiger partial charge in [0.25, 0.3) is 0 Å². The predicted octanol–water partition coefficient (Wildman–Crippen LogP) is 2.97.